The summed E-state index contributed by atoms with van der Waals surface area (Å²) in [4.78, 5) is 0. The van der Waals surface area contributed by atoms with Crippen molar-refractivity contribution < 1.29 is 4.42 Å². The van der Waals surface area contributed by atoms with Gasteiger partial charge in [0.25, 0.3) is 0 Å². The number of nitrogens with one attached hydrogen (secondary N) is 1. The molecule has 0 spiro atoms. The van der Waals surface area contributed by atoms with E-state index in [4.69, 9.17) is 16.0 Å². The fraction of sp³-hybridized carbons (Fsp3) is 0.231. The molecule has 17 heavy (non-hydrogen) atoms. The van der Waals surface area contributed by atoms with E-state index in [1.54, 1.807) is 12.5 Å². The van der Waals surface area contributed by atoms with Crippen molar-refractivity contribution in [1.82, 2.24) is 5.32 Å². The Morgan fingerprint density at radius 3 is 2.88 bits per heavy atom. The van der Waals surface area contributed by atoms with Crippen molar-refractivity contribution in [2.75, 3.05) is 7.05 Å². The Balaban J connectivity index is 2.25. The van der Waals surface area contributed by atoms with Crippen LogP contribution in [0.15, 0.2) is 45.7 Å². The molecule has 2 aromatic rings. The van der Waals surface area contributed by atoms with Gasteiger partial charge in [-0.2, -0.15) is 0 Å². The lowest BCUT2D eigenvalue weighted by Crippen LogP contribution is -2.19. The molecule has 1 aromatic carbocycles. The van der Waals surface area contributed by atoms with Crippen LogP contribution in [0.1, 0.15) is 17.2 Å². The van der Waals surface area contributed by atoms with Crippen LogP contribution in [0.4, 0.5) is 0 Å². The zero-order chi connectivity index (χ0) is 12.3. The molecule has 0 aliphatic rings. The summed E-state index contributed by atoms with van der Waals surface area (Å²) in [5, 5.41) is 4.04. The summed E-state index contributed by atoms with van der Waals surface area (Å²) < 4.78 is 6.14. The summed E-state index contributed by atoms with van der Waals surface area (Å²) in [5.74, 6) is 0. The Hall–Kier alpha value is -0.770. The van der Waals surface area contributed by atoms with E-state index in [0.717, 1.165) is 27.0 Å². The predicted octanol–water partition coefficient (Wildman–Crippen LogP) is 4.20. The highest BCUT2D eigenvalue weighted by Crippen LogP contribution is 2.28. The monoisotopic (exact) mass is 313 g/mol. The molecule has 0 saturated heterocycles. The van der Waals surface area contributed by atoms with Gasteiger partial charge in [-0.25, -0.2) is 0 Å². The molecule has 2 rings (SSSR count). The van der Waals surface area contributed by atoms with Crippen LogP contribution in [-0.2, 0) is 6.42 Å². The molecule has 0 aliphatic heterocycles. The summed E-state index contributed by atoms with van der Waals surface area (Å²) >= 11 is 9.59. The van der Waals surface area contributed by atoms with Crippen molar-refractivity contribution in [2.45, 2.75) is 12.5 Å². The van der Waals surface area contributed by atoms with Crippen molar-refractivity contribution in [3.05, 3.63) is 57.4 Å². The van der Waals surface area contributed by atoms with E-state index in [9.17, 15) is 0 Å². The summed E-state index contributed by atoms with van der Waals surface area (Å²) in [7, 11) is 1.94. The highest BCUT2D eigenvalue weighted by Gasteiger charge is 2.14. The van der Waals surface area contributed by atoms with Gasteiger partial charge in [-0.15, -0.1) is 0 Å². The molecule has 1 aromatic heterocycles. The third-order valence-corrected chi connectivity index (χ3v) is 3.66. The maximum Gasteiger partial charge on any atom is 0.0935 e. The second-order valence-corrected chi connectivity index (χ2v) is 5.13. The summed E-state index contributed by atoms with van der Waals surface area (Å²) in [6.07, 6.45) is 4.32. The maximum absolute atomic E-state index is 6.03. The Morgan fingerprint density at radius 2 is 2.24 bits per heavy atom. The molecular weight excluding hydrogens is 302 g/mol. The lowest BCUT2D eigenvalue weighted by molar-refractivity contribution is 0.551. The SMILES string of the molecule is CNC(Cc1ccoc1)c1cc(Cl)ccc1Br. The van der Waals surface area contributed by atoms with Gasteiger partial charge in [0.2, 0.25) is 0 Å². The van der Waals surface area contributed by atoms with Crippen molar-refractivity contribution in [3.63, 3.8) is 0 Å². The minimum Gasteiger partial charge on any atom is -0.472 e. The lowest BCUT2D eigenvalue weighted by atomic mass is 10.0. The Labute approximate surface area is 114 Å². The second kappa shape index (κ2) is 5.71. The summed E-state index contributed by atoms with van der Waals surface area (Å²) in [6, 6.07) is 8.01. The van der Waals surface area contributed by atoms with Gasteiger partial charge in [0.15, 0.2) is 0 Å². The van der Waals surface area contributed by atoms with Crippen molar-refractivity contribution in [3.8, 4) is 0 Å². The normalized spacial score (nSPS) is 12.6. The van der Waals surface area contributed by atoms with Gasteiger partial charge in [-0.05, 0) is 48.9 Å². The number of halogens is 2. The van der Waals surface area contributed by atoms with Gasteiger partial charge < -0.3 is 9.73 Å². The molecule has 0 aliphatic carbocycles. The molecule has 90 valence electrons. The summed E-state index contributed by atoms with van der Waals surface area (Å²) in [6.45, 7) is 0. The first-order chi connectivity index (χ1) is 8.20. The smallest absolute Gasteiger partial charge is 0.0935 e. The Morgan fingerprint density at radius 1 is 1.41 bits per heavy atom. The number of hydrogen-bond donors (Lipinski definition) is 1. The van der Waals surface area contributed by atoms with Gasteiger partial charge in [0.1, 0.15) is 0 Å². The molecule has 1 unspecified atom stereocenters. The minimum absolute atomic E-state index is 0.209. The number of likely N-dealkylation sites (N-methyl/N-ethyl adjacent to an activating group) is 1. The average Bonchev–Trinajstić information content (AvgIpc) is 2.82. The van der Waals surface area contributed by atoms with Crippen LogP contribution < -0.4 is 5.32 Å². The molecular formula is C13H13BrClNO. The van der Waals surface area contributed by atoms with Gasteiger partial charge in [-0.3, -0.25) is 0 Å². The number of rotatable bonds is 4. The summed E-state index contributed by atoms with van der Waals surface area (Å²) in [5.41, 5.74) is 2.32. The van der Waals surface area contributed by atoms with E-state index in [1.165, 1.54) is 0 Å². The van der Waals surface area contributed by atoms with Gasteiger partial charge in [-0.1, -0.05) is 27.5 Å². The lowest BCUT2D eigenvalue weighted by Gasteiger charge is -2.17. The van der Waals surface area contributed by atoms with E-state index < -0.39 is 0 Å². The van der Waals surface area contributed by atoms with E-state index in [0.29, 0.717) is 0 Å². The largest absolute Gasteiger partial charge is 0.472 e. The van der Waals surface area contributed by atoms with Crippen LogP contribution in [-0.4, -0.2) is 7.05 Å². The first-order valence-electron chi connectivity index (χ1n) is 5.34. The zero-order valence-corrected chi connectivity index (χ0v) is 11.8. The Kier molecular flexibility index (Phi) is 4.26. The highest BCUT2D eigenvalue weighted by atomic mass is 79.9. The number of benzene rings is 1. The van der Waals surface area contributed by atoms with Crippen LogP contribution in [0, 0.1) is 0 Å². The fourth-order valence-corrected chi connectivity index (χ4v) is 2.50. The van der Waals surface area contributed by atoms with E-state index in [1.807, 2.05) is 31.3 Å². The quantitative estimate of drug-likeness (QED) is 0.915. The first-order valence-corrected chi connectivity index (χ1v) is 6.51. The van der Waals surface area contributed by atoms with Gasteiger partial charge >= 0.3 is 0 Å². The van der Waals surface area contributed by atoms with Crippen molar-refractivity contribution in [1.29, 1.82) is 0 Å². The molecule has 0 bridgehead atoms. The predicted molar refractivity (Wildman–Crippen MR) is 73.4 cm³/mol. The minimum atomic E-state index is 0.209. The van der Waals surface area contributed by atoms with Crippen LogP contribution in [0.3, 0.4) is 0 Å². The topological polar surface area (TPSA) is 25.2 Å². The molecule has 1 atom stereocenters. The van der Waals surface area contributed by atoms with Crippen LogP contribution in [0.25, 0.3) is 0 Å². The third-order valence-electron chi connectivity index (χ3n) is 2.70. The highest BCUT2D eigenvalue weighted by molar-refractivity contribution is 9.10. The molecule has 0 fully saturated rings. The molecule has 0 saturated carbocycles. The fourth-order valence-electron chi connectivity index (χ4n) is 1.79. The second-order valence-electron chi connectivity index (χ2n) is 3.84. The Bertz CT molecular complexity index is 484. The van der Waals surface area contributed by atoms with Crippen molar-refractivity contribution >= 4 is 27.5 Å². The van der Waals surface area contributed by atoms with E-state index in [-0.39, 0.29) is 6.04 Å². The maximum atomic E-state index is 6.03. The third kappa shape index (κ3) is 3.12. The molecule has 0 radical (unpaired) electrons. The van der Waals surface area contributed by atoms with Crippen LogP contribution in [0.2, 0.25) is 5.02 Å². The molecule has 4 heteroatoms. The van der Waals surface area contributed by atoms with E-state index in [2.05, 4.69) is 21.2 Å². The molecule has 1 N–H and O–H groups in total. The standard InChI is InChI=1S/C13H13BrClNO/c1-16-13(6-9-4-5-17-8-9)11-7-10(15)2-3-12(11)14/h2-5,7-8,13,16H,6H2,1H3. The van der Waals surface area contributed by atoms with Gasteiger partial charge in [0.05, 0.1) is 12.5 Å². The molecule has 2 nitrogen and oxygen atoms in total. The molecule has 0 amide bonds. The zero-order valence-electron chi connectivity index (χ0n) is 9.41. The van der Waals surface area contributed by atoms with E-state index >= 15 is 0 Å². The molecule has 1 heterocycles. The average molecular weight is 315 g/mol. The van der Waals surface area contributed by atoms with Crippen LogP contribution in [0.5, 0.6) is 0 Å². The van der Waals surface area contributed by atoms with Crippen molar-refractivity contribution in [2.24, 2.45) is 0 Å². The van der Waals surface area contributed by atoms with Crippen LogP contribution >= 0.6 is 27.5 Å². The van der Waals surface area contributed by atoms with Gasteiger partial charge in [0, 0.05) is 15.5 Å². The first kappa shape index (κ1) is 12.7. The number of hydrogen-bond acceptors (Lipinski definition) is 2. The number of furan rings is 1.